The van der Waals surface area contributed by atoms with Crippen LogP contribution in [0.15, 0.2) is 23.4 Å². The average molecular weight is 219 g/mol. The maximum Gasteiger partial charge on any atom is 0.129 e. The van der Waals surface area contributed by atoms with Crippen LogP contribution in [0, 0.1) is 0 Å². The molecule has 1 aliphatic heterocycles. The minimum Gasteiger partial charge on any atom is -0.487 e. The molecule has 86 valence electrons. The molecule has 16 heavy (non-hydrogen) atoms. The molecule has 0 atom stereocenters. The van der Waals surface area contributed by atoms with E-state index in [1.165, 1.54) is 5.56 Å². The van der Waals surface area contributed by atoms with E-state index in [4.69, 9.17) is 9.94 Å². The summed E-state index contributed by atoms with van der Waals surface area (Å²) >= 11 is 0. The molecule has 0 fully saturated rings. The molecule has 1 N–H and O–H groups in total. The molecule has 1 aliphatic rings. The molecule has 0 bridgehead atoms. The molecule has 0 aromatic heterocycles. The summed E-state index contributed by atoms with van der Waals surface area (Å²) in [4.78, 5) is 0. The van der Waals surface area contributed by atoms with Crippen molar-refractivity contribution in [2.45, 2.75) is 39.2 Å². The molecule has 1 aromatic rings. The zero-order chi connectivity index (χ0) is 11.8. The first-order chi connectivity index (χ1) is 7.55. The zero-order valence-electron chi connectivity index (χ0n) is 9.95. The second kappa shape index (κ2) is 3.81. The summed E-state index contributed by atoms with van der Waals surface area (Å²) in [5, 5.41) is 12.5. The Morgan fingerprint density at radius 3 is 2.81 bits per heavy atom. The number of nitrogens with zero attached hydrogens (tertiary/aromatic N) is 1. The van der Waals surface area contributed by atoms with E-state index in [1.54, 1.807) is 0 Å². The van der Waals surface area contributed by atoms with E-state index in [2.05, 4.69) is 18.1 Å². The molecule has 1 aromatic carbocycles. The highest BCUT2D eigenvalue weighted by molar-refractivity contribution is 6.04. The molecule has 0 saturated heterocycles. The molecule has 0 aliphatic carbocycles. The van der Waals surface area contributed by atoms with E-state index in [0.717, 1.165) is 17.7 Å². The van der Waals surface area contributed by atoms with E-state index in [-0.39, 0.29) is 5.60 Å². The van der Waals surface area contributed by atoms with Gasteiger partial charge >= 0.3 is 0 Å². The van der Waals surface area contributed by atoms with Crippen LogP contribution in [0.1, 0.15) is 38.3 Å². The van der Waals surface area contributed by atoms with Crippen molar-refractivity contribution in [1.29, 1.82) is 0 Å². The van der Waals surface area contributed by atoms with Gasteiger partial charge < -0.3 is 9.94 Å². The first-order valence-corrected chi connectivity index (χ1v) is 5.59. The predicted molar refractivity (Wildman–Crippen MR) is 63.5 cm³/mol. The summed E-state index contributed by atoms with van der Waals surface area (Å²) in [6.07, 6.45) is 1.60. The van der Waals surface area contributed by atoms with E-state index in [9.17, 15) is 0 Å². The highest BCUT2D eigenvalue weighted by atomic mass is 16.5. The monoisotopic (exact) mass is 219 g/mol. The number of hydrogen-bond donors (Lipinski definition) is 1. The van der Waals surface area contributed by atoms with Crippen molar-refractivity contribution in [2.75, 3.05) is 0 Å². The summed E-state index contributed by atoms with van der Waals surface area (Å²) < 4.78 is 5.86. The van der Waals surface area contributed by atoms with E-state index in [0.29, 0.717) is 12.1 Å². The molecule has 0 radical (unpaired) electrons. The summed E-state index contributed by atoms with van der Waals surface area (Å²) in [5.41, 5.74) is 2.55. The molecule has 3 heteroatoms. The van der Waals surface area contributed by atoms with Crippen LogP contribution in [0.5, 0.6) is 5.75 Å². The number of oxime groups is 1. The van der Waals surface area contributed by atoms with Crippen molar-refractivity contribution < 1.29 is 9.94 Å². The Morgan fingerprint density at radius 2 is 2.19 bits per heavy atom. The third-order valence-corrected chi connectivity index (χ3v) is 2.86. The smallest absolute Gasteiger partial charge is 0.129 e. The van der Waals surface area contributed by atoms with Crippen LogP contribution in [0.25, 0.3) is 0 Å². The Morgan fingerprint density at radius 1 is 1.44 bits per heavy atom. The lowest BCUT2D eigenvalue weighted by Crippen LogP contribution is -2.36. The van der Waals surface area contributed by atoms with Crippen LogP contribution in [-0.2, 0) is 6.42 Å². The minimum absolute atomic E-state index is 0.303. The molecule has 0 unspecified atom stereocenters. The summed E-state index contributed by atoms with van der Waals surface area (Å²) in [6, 6.07) is 6.05. The van der Waals surface area contributed by atoms with Gasteiger partial charge in [-0.25, -0.2) is 0 Å². The Balaban J connectivity index is 2.51. The van der Waals surface area contributed by atoms with E-state index >= 15 is 0 Å². The van der Waals surface area contributed by atoms with Crippen molar-refractivity contribution in [3.63, 3.8) is 0 Å². The Kier molecular flexibility index (Phi) is 2.62. The Hall–Kier alpha value is -1.51. The fourth-order valence-corrected chi connectivity index (χ4v) is 2.03. The minimum atomic E-state index is -0.303. The predicted octanol–water partition coefficient (Wildman–Crippen LogP) is 2.99. The SMILES string of the molecule is CCc1ccc2c(c1)/C(=N/O)CC(C)(C)O2. The average Bonchev–Trinajstić information content (AvgIpc) is 2.26. The molecule has 0 amide bonds. The molecule has 0 spiro atoms. The van der Waals surface area contributed by atoms with Gasteiger partial charge in [0.2, 0.25) is 0 Å². The Labute approximate surface area is 95.7 Å². The lowest BCUT2D eigenvalue weighted by Gasteiger charge is -2.33. The second-order valence-electron chi connectivity index (χ2n) is 4.77. The molecule has 2 rings (SSSR count). The normalized spacial score (nSPS) is 20.3. The highest BCUT2D eigenvalue weighted by Gasteiger charge is 2.31. The molecular weight excluding hydrogens is 202 g/mol. The number of ether oxygens (including phenoxy) is 1. The number of aryl methyl sites for hydroxylation is 1. The Bertz CT molecular complexity index is 436. The third kappa shape index (κ3) is 1.90. The fraction of sp³-hybridized carbons (Fsp3) is 0.462. The van der Waals surface area contributed by atoms with Crippen LogP contribution < -0.4 is 4.74 Å². The van der Waals surface area contributed by atoms with Crippen molar-refractivity contribution in [1.82, 2.24) is 0 Å². The molecule has 1 heterocycles. The fourth-order valence-electron chi connectivity index (χ4n) is 2.03. The van der Waals surface area contributed by atoms with Crippen molar-refractivity contribution in [3.8, 4) is 5.75 Å². The standard InChI is InChI=1S/C13H17NO2/c1-4-9-5-6-12-10(7-9)11(14-15)8-13(2,3)16-12/h5-7,15H,4,8H2,1-3H3/b14-11+. The van der Waals surface area contributed by atoms with Crippen LogP contribution in [0.2, 0.25) is 0 Å². The highest BCUT2D eigenvalue weighted by Crippen LogP contribution is 2.33. The van der Waals surface area contributed by atoms with Crippen LogP contribution >= 0.6 is 0 Å². The van der Waals surface area contributed by atoms with Gasteiger partial charge in [0.25, 0.3) is 0 Å². The largest absolute Gasteiger partial charge is 0.487 e. The van der Waals surface area contributed by atoms with Gasteiger partial charge in [0, 0.05) is 12.0 Å². The summed E-state index contributed by atoms with van der Waals surface area (Å²) in [5.74, 6) is 0.807. The van der Waals surface area contributed by atoms with E-state index in [1.807, 2.05) is 26.0 Å². The third-order valence-electron chi connectivity index (χ3n) is 2.86. The zero-order valence-corrected chi connectivity index (χ0v) is 9.95. The maximum absolute atomic E-state index is 9.07. The number of rotatable bonds is 1. The van der Waals surface area contributed by atoms with Gasteiger partial charge in [-0.1, -0.05) is 18.1 Å². The summed E-state index contributed by atoms with van der Waals surface area (Å²) in [7, 11) is 0. The topological polar surface area (TPSA) is 41.8 Å². The number of benzene rings is 1. The van der Waals surface area contributed by atoms with Gasteiger partial charge in [-0.05, 0) is 38.0 Å². The van der Waals surface area contributed by atoms with Crippen molar-refractivity contribution in [3.05, 3.63) is 29.3 Å². The molecule has 3 nitrogen and oxygen atoms in total. The summed E-state index contributed by atoms with van der Waals surface area (Å²) in [6.45, 7) is 6.09. The quantitative estimate of drug-likeness (QED) is 0.582. The first kappa shape index (κ1) is 11.0. The van der Waals surface area contributed by atoms with E-state index < -0.39 is 0 Å². The first-order valence-electron chi connectivity index (χ1n) is 5.59. The van der Waals surface area contributed by atoms with Crippen LogP contribution in [0.4, 0.5) is 0 Å². The van der Waals surface area contributed by atoms with Gasteiger partial charge in [0.1, 0.15) is 11.4 Å². The lowest BCUT2D eigenvalue weighted by atomic mass is 9.91. The second-order valence-corrected chi connectivity index (χ2v) is 4.77. The maximum atomic E-state index is 9.07. The molecule has 0 saturated carbocycles. The number of hydrogen-bond acceptors (Lipinski definition) is 3. The van der Waals surface area contributed by atoms with Gasteiger partial charge in [0.05, 0.1) is 5.71 Å². The lowest BCUT2D eigenvalue weighted by molar-refractivity contribution is 0.109. The van der Waals surface area contributed by atoms with Crippen molar-refractivity contribution in [2.24, 2.45) is 5.16 Å². The molecular formula is C13H17NO2. The number of fused-ring (bicyclic) bond motifs is 1. The van der Waals surface area contributed by atoms with Crippen LogP contribution in [-0.4, -0.2) is 16.5 Å². The van der Waals surface area contributed by atoms with Gasteiger partial charge in [-0.2, -0.15) is 0 Å². The van der Waals surface area contributed by atoms with Crippen LogP contribution in [0.3, 0.4) is 0 Å². The van der Waals surface area contributed by atoms with Gasteiger partial charge in [0.15, 0.2) is 0 Å². The van der Waals surface area contributed by atoms with Gasteiger partial charge in [-0.15, -0.1) is 0 Å². The van der Waals surface area contributed by atoms with Gasteiger partial charge in [-0.3, -0.25) is 0 Å². The van der Waals surface area contributed by atoms with Crippen molar-refractivity contribution >= 4 is 5.71 Å².